The first-order valence-corrected chi connectivity index (χ1v) is 6.64. The Hall–Kier alpha value is -0.910. The first-order chi connectivity index (χ1) is 9.09. The molecule has 0 aromatic heterocycles. The van der Waals surface area contributed by atoms with E-state index in [1.165, 1.54) is 0 Å². The number of hydrogen-bond donors (Lipinski definition) is 0. The van der Waals surface area contributed by atoms with Crippen molar-refractivity contribution >= 4 is 5.97 Å². The maximum atomic E-state index is 11.2. The summed E-state index contributed by atoms with van der Waals surface area (Å²) in [6, 6.07) is 0. The van der Waals surface area contributed by atoms with Gasteiger partial charge in [0, 0.05) is 12.7 Å². The number of esters is 1. The lowest BCUT2D eigenvalue weighted by Gasteiger charge is -2.32. The van der Waals surface area contributed by atoms with Gasteiger partial charge in [-0.3, -0.25) is 0 Å². The van der Waals surface area contributed by atoms with Gasteiger partial charge in [-0.05, 0) is 32.6 Å². The molecule has 0 bridgehead atoms. The van der Waals surface area contributed by atoms with Gasteiger partial charge in [-0.15, -0.1) is 0 Å². The van der Waals surface area contributed by atoms with Gasteiger partial charge in [0.1, 0.15) is 6.61 Å². The second-order valence-corrected chi connectivity index (χ2v) is 6.32. The molecule has 0 N–H and O–H groups in total. The van der Waals surface area contributed by atoms with Gasteiger partial charge < -0.3 is 9.47 Å². The first kappa shape index (κ1) is 19.1. The Morgan fingerprint density at radius 1 is 1.25 bits per heavy atom. The van der Waals surface area contributed by atoms with Crippen LogP contribution in [0.4, 0.5) is 0 Å². The third kappa shape index (κ3) is 9.95. The van der Waals surface area contributed by atoms with Crippen molar-refractivity contribution in [3.63, 3.8) is 0 Å². The Bertz CT molecular complexity index is 304. The van der Waals surface area contributed by atoms with E-state index in [4.69, 9.17) is 19.2 Å². The van der Waals surface area contributed by atoms with Crippen LogP contribution in [0.25, 0.3) is 0 Å². The summed E-state index contributed by atoms with van der Waals surface area (Å²) in [6.45, 7) is 17.3. The van der Waals surface area contributed by atoms with Crippen LogP contribution in [-0.4, -0.2) is 31.1 Å². The molecule has 0 aromatic rings. The van der Waals surface area contributed by atoms with Crippen molar-refractivity contribution in [2.75, 3.05) is 13.2 Å². The molecule has 0 aliphatic heterocycles. The predicted molar refractivity (Wildman–Crippen MR) is 76.6 cm³/mol. The van der Waals surface area contributed by atoms with E-state index in [1.54, 1.807) is 0 Å². The van der Waals surface area contributed by atoms with Crippen LogP contribution >= 0.6 is 0 Å². The molecule has 0 rings (SSSR count). The number of carbonyl (C=O) groups is 1. The third-order valence-corrected chi connectivity index (χ3v) is 2.15. The van der Waals surface area contributed by atoms with Gasteiger partial charge in [0.2, 0.25) is 0 Å². The van der Waals surface area contributed by atoms with E-state index in [0.717, 1.165) is 12.5 Å². The normalized spacial score (nSPS) is 13.9. The summed E-state index contributed by atoms with van der Waals surface area (Å²) in [5, 5.41) is 0. The molecule has 1 radical (unpaired) electrons. The quantitative estimate of drug-likeness (QED) is 0.214. The zero-order valence-corrected chi connectivity index (χ0v) is 13.2. The molecule has 1 unspecified atom stereocenters. The second-order valence-electron chi connectivity index (χ2n) is 6.32. The Morgan fingerprint density at radius 3 is 2.30 bits per heavy atom. The summed E-state index contributed by atoms with van der Waals surface area (Å²) in [6.07, 6.45) is 0.889. The van der Waals surface area contributed by atoms with E-state index >= 15 is 0 Å². The number of rotatable bonds is 9. The van der Waals surface area contributed by atoms with Gasteiger partial charge in [-0.2, -0.15) is 4.89 Å². The maximum absolute atomic E-state index is 11.2. The summed E-state index contributed by atoms with van der Waals surface area (Å²) in [5.74, 6) is -0.597. The van der Waals surface area contributed by atoms with Crippen LogP contribution in [0.5, 0.6) is 0 Å². The standard InChI is InChI=1S/C15H27O5/c1-8-12(16)18-13(10-17-9-2)19-20-15(6,7)11-14(3,4)5/h8,13H,1-2,9-11H2,3-7H3. The Kier molecular flexibility index (Phi) is 8.01. The Labute approximate surface area is 122 Å². The summed E-state index contributed by atoms with van der Waals surface area (Å²) in [7, 11) is 0. The molecule has 0 aliphatic rings. The average molecular weight is 287 g/mol. The van der Waals surface area contributed by atoms with Crippen molar-refractivity contribution in [2.24, 2.45) is 5.41 Å². The highest BCUT2D eigenvalue weighted by atomic mass is 17.2. The molecule has 0 saturated carbocycles. The molecule has 0 aromatic carbocycles. The van der Waals surface area contributed by atoms with Crippen LogP contribution in [0.1, 0.15) is 41.0 Å². The monoisotopic (exact) mass is 287 g/mol. The highest BCUT2D eigenvalue weighted by Crippen LogP contribution is 2.29. The molecule has 0 spiro atoms. The number of carbonyl (C=O) groups excluding carboxylic acids is 1. The fourth-order valence-electron chi connectivity index (χ4n) is 1.93. The van der Waals surface area contributed by atoms with Crippen LogP contribution < -0.4 is 0 Å². The zero-order chi connectivity index (χ0) is 15.8. The van der Waals surface area contributed by atoms with Crippen molar-refractivity contribution in [3.05, 3.63) is 19.6 Å². The molecule has 20 heavy (non-hydrogen) atoms. The number of ether oxygens (including phenoxy) is 2. The van der Waals surface area contributed by atoms with Gasteiger partial charge >= 0.3 is 5.97 Å². The van der Waals surface area contributed by atoms with Crippen molar-refractivity contribution in [1.82, 2.24) is 0 Å². The van der Waals surface area contributed by atoms with Crippen molar-refractivity contribution in [2.45, 2.75) is 52.9 Å². The highest BCUT2D eigenvalue weighted by molar-refractivity contribution is 5.81. The van der Waals surface area contributed by atoms with Crippen molar-refractivity contribution < 1.29 is 24.0 Å². The van der Waals surface area contributed by atoms with E-state index in [0.29, 0.717) is 0 Å². The van der Waals surface area contributed by atoms with Crippen LogP contribution in [0.15, 0.2) is 12.7 Å². The minimum absolute atomic E-state index is 0.0503. The molecule has 0 amide bonds. The largest absolute Gasteiger partial charge is 0.427 e. The molecule has 0 aliphatic carbocycles. The fraction of sp³-hybridized carbons (Fsp3) is 0.733. The SMILES string of the molecule is [CH2]COCC(OOC(C)(C)CC(C)(C)C)OC(=O)C=C. The van der Waals surface area contributed by atoms with E-state index in [2.05, 4.69) is 34.3 Å². The Balaban J connectivity index is 4.42. The predicted octanol–water partition coefficient (Wildman–Crippen LogP) is 3.06. The zero-order valence-electron chi connectivity index (χ0n) is 13.2. The topological polar surface area (TPSA) is 54.0 Å². The van der Waals surface area contributed by atoms with Crippen LogP contribution in [0.3, 0.4) is 0 Å². The van der Waals surface area contributed by atoms with Crippen LogP contribution in [-0.2, 0) is 24.0 Å². The fourth-order valence-corrected chi connectivity index (χ4v) is 1.93. The highest BCUT2D eigenvalue weighted by Gasteiger charge is 2.29. The van der Waals surface area contributed by atoms with Crippen LogP contribution in [0, 0.1) is 12.3 Å². The molecular formula is C15H27O5. The van der Waals surface area contributed by atoms with E-state index < -0.39 is 17.9 Å². The molecule has 5 nitrogen and oxygen atoms in total. The minimum Gasteiger partial charge on any atom is -0.427 e. The second kappa shape index (κ2) is 8.39. The maximum Gasteiger partial charge on any atom is 0.332 e. The Morgan fingerprint density at radius 2 is 1.85 bits per heavy atom. The lowest BCUT2D eigenvalue weighted by atomic mass is 9.84. The lowest BCUT2D eigenvalue weighted by Crippen LogP contribution is -2.35. The number of hydrogen-bond acceptors (Lipinski definition) is 5. The van der Waals surface area contributed by atoms with E-state index in [1.807, 2.05) is 13.8 Å². The minimum atomic E-state index is -0.943. The summed E-state index contributed by atoms with van der Waals surface area (Å²) in [5.41, 5.74) is -0.425. The average Bonchev–Trinajstić information content (AvgIpc) is 2.29. The lowest BCUT2D eigenvalue weighted by molar-refractivity contribution is -0.419. The summed E-state index contributed by atoms with van der Waals surface area (Å²) in [4.78, 5) is 21.8. The van der Waals surface area contributed by atoms with E-state index in [9.17, 15) is 4.79 Å². The molecule has 117 valence electrons. The third-order valence-electron chi connectivity index (χ3n) is 2.15. The smallest absolute Gasteiger partial charge is 0.332 e. The summed E-state index contributed by atoms with van der Waals surface area (Å²) < 4.78 is 10.0. The van der Waals surface area contributed by atoms with Gasteiger partial charge in [0.15, 0.2) is 0 Å². The molecule has 0 fully saturated rings. The van der Waals surface area contributed by atoms with E-state index in [-0.39, 0.29) is 18.6 Å². The molecule has 0 saturated heterocycles. The molecule has 5 heteroatoms. The van der Waals surface area contributed by atoms with Crippen molar-refractivity contribution in [1.29, 1.82) is 0 Å². The molecule has 0 heterocycles. The summed E-state index contributed by atoms with van der Waals surface area (Å²) >= 11 is 0. The van der Waals surface area contributed by atoms with Gasteiger partial charge in [0.05, 0.1) is 5.60 Å². The van der Waals surface area contributed by atoms with Crippen LogP contribution in [0.2, 0.25) is 0 Å². The molecule has 1 atom stereocenters. The van der Waals surface area contributed by atoms with Gasteiger partial charge in [-0.1, -0.05) is 27.4 Å². The van der Waals surface area contributed by atoms with Gasteiger partial charge in [0.25, 0.3) is 6.29 Å². The van der Waals surface area contributed by atoms with Crippen molar-refractivity contribution in [3.8, 4) is 0 Å². The molecular weight excluding hydrogens is 260 g/mol. The van der Waals surface area contributed by atoms with Gasteiger partial charge in [-0.25, -0.2) is 9.68 Å². The first-order valence-electron chi connectivity index (χ1n) is 6.64.